The first-order valence-electron chi connectivity index (χ1n) is 8.96. The van der Waals surface area contributed by atoms with E-state index in [0.717, 1.165) is 10.5 Å². The van der Waals surface area contributed by atoms with Gasteiger partial charge < -0.3 is 15.0 Å². The van der Waals surface area contributed by atoms with Crippen LogP contribution in [0, 0.1) is 0 Å². The molecule has 1 saturated heterocycles. The third-order valence-electron chi connectivity index (χ3n) is 4.31. The second-order valence-corrected chi connectivity index (χ2v) is 6.04. The SMILES string of the molecule is CCNC(=O)NC(=O)[C@@H](c1ccccc1)[NH+]1CCN(C(=O)OCC)CC1. The van der Waals surface area contributed by atoms with Gasteiger partial charge in [-0.05, 0) is 13.8 Å². The van der Waals surface area contributed by atoms with Crippen molar-refractivity contribution in [3.8, 4) is 0 Å². The van der Waals surface area contributed by atoms with E-state index in [2.05, 4.69) is 10.6 Å². The summed E-state index contributed by atoms with van der Waals surface area (Å²) in [6, 6.07) is 8.38. The van der Waals surface area contributed by atoms with E-state index in [4.69, 9.17) is 4.74 Å². The van der Waals surface area contributed by atoms with Gasteiger partial charge in [0.2, 0.25) is 0 Å². The largest absolute Gasteiger partial charge is 0.450 e. The second-order valence-electron chi connectivity index (χ2n) is 6.04. The first kappa shape index (κ1) is 19.7. The molecule has 1 aromatic carbocycles. The first-order chi connectivity index (χ1) is 12.6. The number of rotatable bonds is 5. The average Bonchev–Trinajstić information content (AvgIpc) is 2.63. The van der Waals surface area contributed by atoms with Crippen LogP contribution in [0.2, 0.25) is 0 Å². The van der Waals surface area contributed by atoms with Crippen LogP contribution in [0.3, 0.4) is 0 Å². The number of nitrogens with zero attached hydrogens (tertiary/aromatic N) is 1. The number of nitrogens with one attached hydrogen (secondary N) is 3. The Bertz CT molecular complexity index is 615. The van der Waals surface area contributed by atoms with Gasteiger partial charge >= 0.3 is 12.1 Å². The van der Waals surface area contributed by atoms with Crippen molar-refractivity contribution < 1.29 is 24.0 Å². The maximum atomic E-state index is 12.7. The topological polar surface area (TPSA) is 92.2 Å². The lowest BCUT2D eigenvalue weighted by Gasteiger charge is -2.35. The molecule has 0 aliphatic carbocycles. The molecule has 1 heterocycles. The number of urea groups is 1. The molecular formula is C18H27N4O4+. The Balaban J connectivity index is 2.09. The van der Waals surface area contributed by atoms with E-state index < -0.39 is 12.1 Å². The molecule has 0 bridgehead atoms. The molecule has 3 N–H and O–H groups in total. The zero-order valence-corrected chi connectivity index (χ0v) is 15.3. The van der Waals surface area contributed by atoms with Gasteiger partial charge in [-0.2, -0.15) is 0 Å². The summed E-state index contributed by atoms with van der Waals surface area (Å²) in [7, 11) is 0. The molecule has 2 rings (SSSR count). The molecule has 1 aromatic rings. The van der Waals surface area contributed by atoms with Crippen molar-refractivity contribution >= 4 is 18.0 Å². The fourth-order valence-electron chi connectivity index (χ4n) is 3.09. The van der Waals surface area contributed by atoms with Gasteiger partial charge in [0, 0.05) is 12.1 Å². The third kappa shape index (κ3) is 5.19. The molecule has 1 aliphatic rings. The Labute approximate surface area is 153 Å². The van der Waals surface area contributed by atoms with Crippen molar-refractivity contribution in [3.63, 3.8) is 0 Å². The molecule has 0 unspecified atom stereocenters. The molecular weight excluding hydrogens is 336 g/mol. The van der Waals surface area contributed by atoms with Crippen LogP contribution in [0.5, 0.6) is 0 Å². The van der Waals surface area contributed by atoms with Gasteiger partial charge in [0.25, 0.3) is 5.91 Å². The highest BCUT2D eigenvalue weighted by Gasteiger charge is 2.36. The van der Waals surface area contributed by atoms with Gasteiger partial charge in [-0.1, -0.05) is 30.3 Å². The highest BCUT2D eigenvalue weighted by atomic mass is 16.6. The number of hydrogen-bond acceptors (Lipinski definition) is 4. The molecule has 1 atom stereocenters. The zero-order valence-electron chi connectivity index (χ0n) is 15.3. The maximum Gasteiger partial charge on any atom is 0.410 e. The van der Waals surface area contributed by atoms with Gasteiger partial charge in [-0.25, -0.2) is 9.59 Å². The summed E-state index contributed by atoms with van der Waals surface area (Å²) in [6.07, 6.45) is -0.324. The molecule has 0 radical (unpaired) electrons. The molecule has 0 aromatic heterocycles. The number of piperazine rings is 1. The number of quaternary nitrogens is 1. The van der Waals surface area contributed by atoms with Crippen LogP contribution in [0.15, 0.2) is 30.3 Å². The van der Waals surface area contributed by atoms with Crippen molar-refractivity contribution in [2.45, 2.75) is 19.9 Å². The lowest BCUT2D eigenvalue weighted by Crippen LogP contribution is -3.16. The summed E-state index contributed by atoms with van der Waals surface area (Å²) >= 11 is 0. The maximum absolute atomic E-state index is 12.7. The molecule has 0 saturated carbocycles. The quantitative estimate of drug-likeness (QED) is 0.683. The van der Waals surface area contributed by atoms with Crippen LogP contribution in [0.4, 0.5) is 9.59 Å². The Morgan fingerprint density at radius 2 is 1.81 bits per heavy atom. The monoisotopic (exact) mass is 363 g/mol. The van der Waals surface area contributed by atoms with Crippen molar-refractivity contribution in [2.75, 3.05) is 39.3 Å². The number of hydrogen-bond donors (Lipinski definition) is 3. The number of carbonyl (C=O) groups is 3. The van der Waals surface area contributed by atoms with Crippen molar-refractivity contribution in [1.82, 2.24) is 15.5 Å². The van der Waals surface area contributed by atoms with E-state index in [1.807, 2.05) is 30.3 Å². The van der Waals surface area contributed by atoms with Gasteiger partial charge in [0.15, 0.2) is 6.04 Å². The number of ether oxygens (including phenoxy) is 1. The minimum Gasteiger partial charge on any atom is -0.450 e. The highest BCUT2D eigenvalue weighted by molar-refractivity contribution is 5.96. The predicted molar refractivity (Wildman–Crippen MR) is 95.7 cm³/mol. The number of amides is 4. The Morgan fingerprint density at radius 3 is 2.38 bits per heavy atom. The molecule has 142 valence electrons. The standard InChI is InChI=1S/C18H26N4O4/c1-3-19-17(24)20-16(23)15(14-8-6-5-7-9-14)21-10-12-22(13-11-21)18(25)26-4-2/h5-9,15H,3-4,10-13H2,1-2H3,(H2,19,20,23,24)/p+1/t15-/m1/s1. The summed E-state index contributed by atoms with van der Waals surface area (Å²) < 4.78 is 5.03. The normalized spacial score (nSPS) is 15.8. The van der Waals surface area contributed by atoms with E-state index in [-0.39, 0.29) is 12.0 Å². The second kappa shape index (κ2) is 9.76. The van der Waals surface area contributed by atoms with Crippen molar-refractivity contribution in [2.24, 2.45) is 0 Å². The van der Waals surface area contributed by atoms with Crippen LogP contribution in [0.25, 0.3) is 0 Å². The van der Waals surface area contributed by atoms with Crippen LogP contribution < -0.4 is 15.5 Å². The lowest BCUT2D eigenvalue weighted by molar-refractivity contribution is -0.925. The fraction of sp³-hybridized carbons (Fsp3) is 0.500. The fourth-order valence-corrected chi connectivity index (χ4v) is 3.09. The first-order valence-corrected chi connectivity index (χ1v) is 8.96. The molecule has 4 amide bonds. The predicted octanol–water partition coefficient (Wildman–Crippen LogP) is -0.0696. The number of imide groups is 1. The van der Waals surface area contributed by atoms with Crippen LogP contribution in [-0.4, -0.2) is 62.3 Å². The van der Waals surface area contributed by atoms with E-state index in [1.165, 1.54) is 0 Å². The van der Waals surface area contributed by atoms with E-state index in [0.29, 0.717) is 39.3 Å². The Kier molecular flexibility index (Phi) is 7.40. The third-order valence-corrected chi connectivity index (χ3v) is 4.31. The average molecular weight is 363 g/mol. The molecule has 0 spiro atoms. The summed E-state index contributed by atoms with van der Waals surface area (Å²) in [5, 5.41) is 4.99. The highest BCUT2D eigenvalue weighted by Crippen LogP contribution is 2.10. The van der Waals surface area contributed by atoms with Crippen molar-refractivity contribution in [3.05, 3.63) is 35.9 Å². The van der Waals surface area contributed by atoms with Crippen LogP contribution in [0.1, 0.15) is 25.5 Å². The molecule has 1 fully saturated rings. The summed E-state index contributed by atoms with van der Waals surface area (Å²) in [5.74, 6) is -0.346. The van der Waals surface area contributed by atoms with Gasteiger partial charge in [-0.15, -0.1) is 0 Å². The summed E-state index contributed by atoms with van der Waals surface area (Å²) in [5.41, 5.74) is 0.842. The van der Waals surface area contributed by atoms with Crippen LogP contribution >= 0.6 is 0 Å². The van der Waals surface area contributed by atoms with E-state index in [1.54, 1.807) is 18.7 Å². The Hall–Kier alpha value is -2.61. The lowest BCUT2D eigenvalue weighted by atomic mass is 10.0. The van der Waals surface area contributed by atoms with Crippen molar-refractivity contribution in [1.29, 1.82) is 0 Å². The zero-order chi connectivity index (χ0) is 18.9. The summed E-state index contributed by atoms with van der Waals surface area (Å²) in [4.78, 5) is 39.0. The number of benzene rings is 1. The molecule has 8 heteroatoms. The Morgan fingerprint density at radius 1 is 1.15 bits per heavy atom. The van der Waals surface area contributed by atoms with E-state index in [9.17, 15) is 14.4 Å². The van der Waals surface area contributed by atoms with Gasteiger partial charge in [0.05, 0.1) is 32.8 Å². The number of carbonyl (C=O) groups excluding carboxylic acids is 3. The minimum atomic E-state index is -0.511. The minimum absolute atomic E-state index is 0.324. The van der Waals surface area contributed by atoms with Gasteiger partial charge in [-0.3, -0.25) is 15.0 Å². The molecule has 26 heavy (non-hydrogen) atoms. The van der Waals surface area contributed by atoms with Crippen LogP contribution in [-0.2, 0) is 9.53 Å². The van der Waals surface area contributed by atoms with E-state index >= 15 is 0 Å². The summed E-state index contributed by atoms with van der Waals surface area (Å²) in [6.45, 7) is 6.56. The molecule has 8 nitrogen and oxygen atoms in total. The van der Waals surface area contributed by atoms with Gasteiger partial charge in [0.1, 0.15) is 0 Å². The smallest absolute Gasteiger partial charge is 0.410 e. The molecule has 1 aliphatic heterocycles.